The maximum atomic E-state index is 12.8. The summed E-state index contributed by atoms with van der Waals surface area (Å²) < 4.78 is 50.9. The Bertz CT molecular complexity index is 1130. The monoisotopic (exact) mass is 478 g/mol. The van der Waals surface area contributed by atoms with E-state index < -0.39 is 17.8 Å². The van der Waals surface area contributed by atoms with E-state index in [2.05, 4.69) is 15.3 Å². The number of hydrogen-bond donors (Lipinski definition) is 1. The molecular weight excluding hydrogens is 453 g/mol. The van der Waals surface area contributed by atoms with Crippen molar-refractivity contribution in [3.05, 3.63) is 59.0 Å². The minimum Gasteiger partial charge on any atom is -0.493 e. The van der Waals surface area contributed by atoms with Crippen LogP contribution in [0, 0.1) is 0 Å². The number of halogens is 3. The molecule has 0 atom stereocenters. The number of para-hydroxylation sites is 1. The quantitative estimate of drug-likeness (QED) is 0.430. The van der Waals surface area contributed by atoms with Gasteiger partial charge >= 0.3 is 12.1 Å². The standard InChI is InChI=1S/C23H25F3N4O4/c1-14(2)21-16(13-30(29-21)19-10-9-18(27-28-19)23(24,25)26)7-5-11-34-22-15(12-20(31)32)6-4-8-17(22)33-3/h4,6,8-10,13-14H,5,7,11-12H2,1-3H3,(H,31,32). The van der Waals surface area contributed by atoms with E-state index in [1.165, 1.54) is 17.9 Å². The summed E-state index contributed by atoms with van der Waals surface area (Å²) in [6, 6.07) is 7.18. The summed E-state index contributed by atoms with van der Waals surface area (Å²) in [4.78, 5) is 11.2. The number of rotatable bonds is 10. The highest BCUT2D eigenvalue weighted by Gasteiger charge is 2.33. The Kier molecular flexibility index (Phi) is 7.75. The lowest BCUT2D eigenvalue weighted by molar-refractivity contribution is -0.141. The summed E-state index contributed by atoms with van der Waals surface area (Å²) in [5.41, 5.74) is 1.16. The van der Waals surface area contributed by atoms with Crippen molar-refractivity contribution in [2.24, 2.45) is 0 Å². The number of carbonyl (C=O) groups is 1. The molecule has 2 aromatic heterocycles. The van der Waals surface area contributed by atoms with Crippen molar-refractivity contribution in [3.8, 4) is 17.3 Å². The molecule has 11 heteroatoms. The maximum Gasteiger partial charge on any atom is 0.435 e. The number of benzene rings is 1. The van der Waals surface area contributed by atoms with Gasteiger partial charge in [0.25, 0.3) is 0 Å². The van der Waals surface area contributed by atoms with Crippen LogP contribution in [-0.4, -0.2) is 44.8 Å². The zero-order valence-electron chi connectivity index (χ0n) is 19.0. The molecule has 0 aliphatic carbocycles. The van der Waals surface area contributed by atoms with Gasteiger partial charge in [0.2, 0.25) is 0 Å². The summed E-state index contributed by atoms with van der Waals surface area (Å²) in [7, 11) is 1.49. The van der Waals surface area contributed by atoms with Gasteiger partial charge < -0.3 is 14.6 Å². The zero-order valence-corrected chi connectivity index (χ0v) is 19.0. The van der Waals surface area contributed by atoms with E-state index >= 15 is 0 Å². The van der Waals surface area contributed by atoms with Crippen molar-refractivity contribution in [2.75, 3.05) is 13.7 Å². The van der Waals surface area contributed by atoms with E-state index in [1.54, 1.807) is 24.4 Å². The van der Waals surface area contributed by atoms with Gasteiger partial charge in [-0.05, 0) is 42.5 Å². The lowest BCUT2D eigenvalue weighted by Crippen LogP contribution is -2.10. The van der Waals surface area contributed by atoms with Gasteiger partial charge in [0.1, 0.15) is 0 Å². The average molecular weight is 478 g/mol. The second kappa shape index (κ2) is 10.5. The molecule has 1 N–H and O–H groups in total. The van der Waals surface area contributed by atoms with Crippen LogP contribution in [0.4, 0.5) is 13.2 Å². The normalized spacial score (nSPS) is 11.6. The minimum absolute atomic E-state index is 0.0796. The molecule has 182 valence electrons. The average Bonchev–Trinajstić information content (AvgIpc) is 3.21. The van der Waals surface area contributed by atoms with Crippen molar-refractivity contribution in [1.82, 2.24) is 20.0 Å². The first-order valence-electron chi connectivity index (χ1n) is 10.6. The van der Waals surface area contributed by atoms with Gasteiger partial charge in [0.15, 0.2) is 23.0 Å². The second-order valence-electron chi connectivity index (χ2n) is 7.88. The van der Waals surface area contributed by atoms with Gasteiger partial charge in [-0.15, -0.1) is 10.2 Å². The number of nitrogens with zero attached hydrogens (tertiary/aromatic N) is 4. The molecule has 0 spiro atoms. The Morgan fingerprint density at radius 3 is 2.50 bits per heavy atom. The number of carboxylic acid groups (broad SMARTS) is 1. The molecule has 3 aromatic rings. The third-order valence-corrected chi connectivity index (χ3v) is 5.00. The first-order chi connectivity index (χ1) is 16.1. The topological polar surface area (TPSA) is 99.4 Å². The number of hydrogen-bond acceptors (Lipinski definition) is 6. The molecule has 0 saturated heterocycles. The number of carboxylic acids is 1. The van der Waals surface area contributed by atoms with Crippen molar-refractivity contribution < 1.29 is 32.5 Å². The second-order valence-corrected chi connectivity index (χ2v) is 7.88. The van der Waals surface area contributed by atoms with E-state index in [1.807, 2.05) is 13.8 Å². The highest BCUT2D eigenvalue weighted by molar-refractivity contribution is 5.72. The SMILES string of the molecule is COc1cccc(CC(=O)O)c1OCCCc1cn(-c2ccc(C(F)(F)F)nn2)nc1C(C)C. The Morgan fingerprint density at radius 2 is 1.91 bits per heavy atom. The predicted octanol–water partition coefficient (Wildman–Crippen LogP) is 4.45. The van der Waals surface area contributed by atoms with Crippen LogP contribution in [0.15, 0.2) is 36.5 Å². The number of methoxy groups -OCH3 is 1. The highest BCUT2D eigenvalue weighted by Crippen LogP contribution is 2.32. The van der Waals surface area contributed by atoms with Crippen LogP contribution in [0.5, 0.6) is 11.5 Å². The fraction of sp³-hybridized carbons (Fsp3) is 0.391. The van der Waals surface area contributed by atoms with Crippen molar-refractivity contribution >= 4 is 5.97 Å². The zero-order chi connectivity index (χ0) is 24.9. The first-order valence-corrected chi connectivity index (χ1v) is 10.6. The van der Waals surface area contributed by atoms with E-state index in [0.29, 0.717) is 36.5 Å². The Labute approximate surface area is 194 Å². The van der Waals surface area contributed by atoms with Crippen LogP contribution in [-0.2, 0) is 23.8 Å². The van der Waals surface area contributed by atoms with Gasteiger partial charge in [-0.25, -0.2) is 4.68 Å². The number of aryl methyl sites for hydroxylation is 1. The molecule has 0 unspecified atom stereocenters. The molecule has 0 radical (unpaired) electrons. The molecule has 2 heterocycles. The molecule has 0 aliphatic heterocycles. The molecular formula is C23H25F3N4O4. The van der Waals surface area contributed by atoms with E-state index in [9.17, 15) is 18.0 Å². The molecule has 0 fully saturated rings. The summed E-state index contributed by atoms with van der Waals surface area (Å²) in [6.45, 7) is 4.24. The first kappa shape index (κ1) is 25.0. The van der Waals surface area contributed by atoms with Gasteiger partial charge in [-0.3, -0.25) is 4.79 Å². The lowest BCUT2D eigenvalue weighted by Gasteiger charge is -2.14. The van der Waals surface area contributed by atoms with Crippen LogP contribution in [0.3, 0.4) is 0 Å². The predicted molar refractivity (Wildman–Crippen MR) is 116 cm³/mol. The van der Waals surface area contributed by atoms with Crippen LogP contribution in [0.1, 0.15) is 48.7 Å². The Morgan fingerprint density at radius 1 is 1.15 bits per heavy atom. The molecule has 0 aliphatic rings. The van der Waals surface area contributed by atoms with Crippen LogP contribution in [0.2, 0.25) is 0 Å². The highest BCUT2D eigenvalue weighted by atomic mass is 19.4. The van der Waals surface area contributed by atoms with Crippen molar-refractivity contribution in [3.63, 3.8) is 0 Å². The summed E-state index contributed by atoms with van der Waals surface area (Å²) in [5.74, 6) is 0.140. The molecule has 8 nitrogen and oxygen atoms in total. The minimum atomic E-state index is -4.56. The summed E-state index contributed by atoms with van der Waals surface area (Å²) in [5, 5.41) is 20.5. The largest absolute Gasteiger partial charge is 0.493 e. The smallest absolute Gasteiger partial charge is 0.435 e. The Hall–Kier alpha value is -3.63. The number of ether oxygens (including phenoxy) is 2. The summed E-state index contributed by atoms with van der Waals surface area (Å²) >= 11 is 0. The third-order valence-electron chi connectivity index (χ3n) is 5.00. The molecule has 1 aromatic carbocycles. The maximum absolute atomic E-state index is 12.8. The lowest BCUT2D eigenvalue weighted by atomic mass is 10.0. The molecule has 0 bridgehead atoms. The van der Waals surface area contributed by atoms with Crippen molar-refractivity contribution in [2.45, 2.75) is 45.2 Å². The Balaban J connectivity index is 1.71. The van der Waals surface area contributed by atoms with Gasteiger partial charge in [-0.1, -0.05) is 26.0 Å². The van der Waals surface area contributed by atoms with E-state index in [-0.39, 0.29) is 18.2 Å². The van der Waals surface area contributed by atoms with Crippen molar-refractivity contribution in [1.29, 1.82) is 0 Å². The molecule has 0 amide bonds. The third kappa shape index (κ3) is 6.03. The number of alkyl halides is 3. The molecule has 34 heavy (non-hydrogen) atoms. The van der Waals surface area contributed by atoms with Crippen LogP contribution in [0.25, 0.3) is 5.82 Å². The van der Waals surface area contributed by atoms with Gasteiger partial charge in [0.05, 0.1) is 25.8 Å². The number of aromatic nitrogens is 4. The van der Waals surface area contributed by atoms with Crippen LogP contribution >= 0.6 is 0 Å². The van der Waals surface area contributed by atoms with Gasteiger partial charge in [-0.2, -0.15) is 18.3 Å². The van der Waals surface area contributed by atoms with Gasteiger partial charge in [0, 0.05) is 11.8 Å². The van der Waals surface area contributed by atoms with E-state index in [4.69, 9.17) is 14.6 Å². The fourth-order valence-electron chi connectivity index (χ4n) is 3.44. The summed E-state index contributed by atoms with van der Waals surface area (Å²) in [6.07, 6.45) is -1.84. The van der Waals surface area contributed by atoms with E-state index in [0.717, 1.165) is 17.3 Å². The molecule has 3 rings (SSSR count). The molecule has 0 saturated carbocycles. The van der Waals surface area contributed by atoms with Crippen LogP contribution < -0.4 is 9.47 Å². The number of aliphatic carboxylic acids is 1. The fourth-order valence-corrected chi connectivity index (χ4v) is 3.44.